The highest BCUT2D eigenvalue weighted by molar-refractivity contribution is 7.98. The van der Waals surface area contributed by atoms with Gasteiger partial charge in [-0.3, -0.25) is 4.79 Å². The molecule has 0 fully saturated rings. The minimum Gasteiger partial charge on any atom is -0.321 e. The molecule has 1 aliphatic heterocycles. The van der Waals surface area contributed by atoms with Gasteiger partial charge in [-0.1, -0.05) is 12.1 Å². The molecule has 0 saturated carbocycles. The molecule has 1 aromatic carbocycles. The van der Waals surface area contributed by atoms with E-state index in [0.29, 0.717) is 0 Å². The third-order valence-corrected chi connectivity index (χ3v) is 5.66. The number of carbonyl (C=O) groups excluding carboxylic acids is 1. The number of hydrogen-bond acceptors (Lipinski definition) is 4. The van der Waals surface area contributed by atoms with Crippen molar-refractivity contribution in [2.75, 3.05) is 18.1 Å². The SMILES string of the molecule is CNCc1cccc(NC(=O)c2cc3c(s2)CCSC3)c1. The quantitative estimate of drug-likeness (QED) is 0.906. The highest BCUT2D eigenvalue weighted by Gasteiger charge is 2.17. The van der Waals surface area contributed by atoms with Gasteiger partial charge in [0, 0.05) is 22.9 Å². The molecule has 1 aliphatic rings. The van der Waals surface area contributed by atoms with E-state index >= 15 is 0 Å². The largest absolute Gasteiger partial charge is 0.321 e. The Morgan fingerprint density at radius 1 is 1.33 bits per heavy atom. The minimum absolute atomic E-state index is 0.000933. The van der Waals surface area contributed by atoms with Crippen molar-refractivity contribution in [3.8, 4) is 0 Å². The summed E-state index contributed by atoms with van der Waals surface area (Å²) in [6, 6.07) is 10.0. The first kappa shape index (κ1) is 14.6. The standard InChI is InChI=1S/C16H18N2OS2/c1-17-9-11-3-2-4-13(7-11)18-16(19)15-8-12-10-20-6-5-14(12)21-15/h2-4,7-8,17H,5-6,9-10H2,1H3,(H,18,19). The van der Waals surface area contributed by atoms with Gasteiger partial charge in [0.1, 0.15) is 0 Å². The third kappa shape index (κ3) is 3.48. The van der Waals surface area contributed by atoms with Crippen molar-refractivity contribution in [1.82, 2.24) is 5.32 Å². The fraction of sp³-hybridized carbons (Fsp3) is 0.312. The number of thiophene rings is 1. The second-order valence-electron chi connectivity index (χ2n) is 5.05. The maximum atomic E-state index is 12.4. The van der Waals surface area contributed by atoms with Gasteiger partial charge in [-0.2, -0.15) is 11.8 Å². The summed E-state index contributed by atoms with van der Waals surface area (Å²) in [6.45, 7) is 0.800. The number of hydrogen-bond donors (Lipinski definition) is 2. The van der Waals surface area contributed by atoms with Gasteiger partial charge in [-0.25, -0.2) is 0 Å². The Hall–Kier alpha value is -1.30. The van der Waals surface area contributed by atoms with Crippen molar-refractivity contribution >= 4 is 34.7 Å². The molecule has 2 heterocycles. The van der Waals surface area contributed by atoms with Crippen molar-refractivity contribution < 1.29 is 4.79 Å². The molecule has 0 saturated heterocycles. The molecule has 5 heteroatoms. The van der Waals surface area contributed by atoms with Crippen LogP contribution in [0.1, 0.15) is 25.7 Å². The Balaban J connectivity index is 1.73. The molecule has 2 N–H and O–H groups in total. The number of carbonyl (C=O) groups is 1. The van der Waals surface area contributed by atoms with Crippen LogP contribution in [0.4, 0.5) is 5.69 Å². The Morgan fingerprint density at radius 2 is 2.24 bits per heavy atom. The molecular weight excluding hydrogens is 300 g/mol. The average molecular weight is 318 g/mol. The zero-order valence-corrected chi connectivity index (χ0v) is 13.6. The summed E-state index contributed by atoms with van der Waals surface area (Å²) in [7, 11) is 1.92. The zero-order chi connectivity index (χ0) is 14.7. The highest BCUT2D eigenvalue weighted by Crippen LogP contribution is 2.32. The molecule has 0 bridgehead atoms. The third-order valence-electron chi connectivity index (χ3n) is 3.42. The van der Waals surface area contributed by atoms with Crippen molar-refractivity contribution in [3.63, 3.8) is 0 Å². The van der Waals surface area contributed by atoms with Crippen molar-refractivity contribution in [2.45, 2.75) is 18.7 Å². The van der Waals surface area contributed by atoms with Crippen LogP contribution < -0.4 is 10.6 Å². The molecule has 21 heavy (non-hydrogen) atoms. The van der Waals surface area contributed by atoms with Crippen LogP contribution in [0, 0.1) is 0 Å². The zero-order valence-electron chi connectivity index (χ0n) is 11.9. The maximum absolute atomic E-state index is 12.4. The van der Waals surface area contributed by atoms with Gasteiger partial charge < -0.3 is 10.6 Å². The number of aryl methyl sites for hydroxylation is 1. The lowest BCUT2D eigenvalue weighted by Crippen LogP contribution is -2.11. The number of nitrogens with one attached hydrogen (secondary N) is 2. The molecule has 0 atom stereocenters. The van der Waals surface area contributed by atoms with Crippen LogP contribution >= 0.6 is 23.1 Å². The van der Waals surface area contributed by atoms with E-state index in [0.717, 1.165) is 34.8 Å². The smallest absolute Gasteiger partial charge is 0.265 e. The van der Waals surface area contributed by atoms with E-state index in [1.807, 2.05) is 43.1 Å². The van der Waals surface area contributed by atoms with E-state index in [1.165, 1.54) is 16.2 Å². The van der Waals surface area contributed by atoms with Gasteiger partial charge in [0.2, 0.25) is 0 Å². The molecule has 0 radical (unpaired) electrons. The van der Waals surface area contributed by atoms with Crippen LogP contribution in [0.2, 0.25) is 0 Å². The fourth-order valence-corrected chi connectivity index (χ4v) is 4.68. The predicted molar refractivity (Wildman–Crippen MR) is 91.3 cm³/mol. The highest BCUT2D eigenvalue weighted by atomic mass is 32.2. The van der Waals surface area contributed by atoms with Crippen LogP contribution in [0.15, 0.2) is 30.3 Å². The summed E-state index contributed by atoms with van der Waals surface area (Å²) in [5.74, 6) is 2.21. The molecule has 1 aromatic heterocycles. The Bertz CT molecular complexity index is 628. The molecule has 3 nitrogen and oxygen atoms in total. The van der Waals surface area contributed by atoms with E-state index in [1.54, 1.807) is 11.3 Å². The Labute approximate surface area is 133 Å². The first-order chi connectivity index (χ1) is 10.3. The second-order valence-corrected chi connectivity index (χ2v) is 7.29. The summed E-state index contributed by atoms with van der Waals surface area (Å²) in [5, 5.41) is 6.12. The van der Waals surface area contributed by atoms with Crippen molar-refractivity contribution in [3.05, 3.63) is 51.2 Å². The van der Waals surface area contributed by atoms with Crippen molar-refractivity contribution in [1.29, 1.82) is 0 Å². The lowest BCUT2D eigenvalue weighted by atomic mass is 10.2. The van der Waals surface area contributed by atoms with E-state index < -0.39 is 0 Å². The normalized spacial score (nSPS) is 13.8. The number of rotatable bonds is 4. The lowest BCUT2D eigenvalue weighted by molar-refractivity contribution is 0.103. The van der Waals surface area contributed by atoms with Crippen LogP contribution in [0.3, 0.4) is 0 Å². The van der Waals surface area contributed by atoms with Crippen LogP contribution in [0.5, 0.6) is 0 Å². The van der Waals surface area contributed by atoms with Gasteiger partial charge in [0.05, 0.1) is 4.88 Å². The summed E-state index contributed by atoms with van der Waals surface area (Å²) in [4.78, 5) is 14.6. The van der Waals surface area contributed by atoms with Gasteiger partial charge >= 0.3 is 0 Å². The number of fused-ring (bicyclic) bond motifs is 1. The minimum atomic E-state index is 0.000933. The predicted octanol–water partition coefficient (Wildman–Crippen LogP) is 3.51. The van der Waals surface area contributed by atoms with Crippen LogP contribution in [-0.4, -0.2) is 18.7 Å². The van der Waals surface area contributed by atoms with E-state index in [2.05, 4.69) is 16.7 Å². The number of amides is 1. The Morgan fingerprint density at radius 3 is 3.05 bits per heavy atom. The van der Waals surface area contributed by atoms with Gasteiger partial charge in [0.25, 0.3) is 5.91 Å². The summed E-state index contributed by atoms with van der Waals surface area (Å²) in [5.41, 5.74) is 3.36. The first-order valence-corrected chi connectivity index (χ1v) is 8.97. The monoisotopic (exact) mass is 318 g/mol. The van der Waals surface area contributed by atoms with Gasteiger partial charge in [-0.15, -0.1) is 11.3 Å². The lowest BCUT2D eigenvalue weighted by Gasteiger charge is -2.08. The van der Waals surface area contributed by atoms with Crippen LogP contribution in [0.25, 0.3) is 0 Å². The molecule has 3 rings (SSSR count). The summed E-state index contributed by atoms with van der Waals surface area (Å²) in [6.07, 6.45) is 1.09. The molecule has 0 aliphatic carbocycles. The Kier molecular flexibility index (Phi) is 4.63. The van der Waals surface area contributed by atoms with E-state index in [4.69, 9.17) is 0 Å². The van der Waals surface area contributed by atoms with Crippen molar-refractivity contribution in [2.24, 2.45) is 0 Å². The second kappa shape index (κ2) is 6.64. The molecule has 2 aromatic rings. The molecule has 1 amide bonds. The van der Waals surface area contributed by atoms with E-state index in [-0.39, 0.29) is 5.91 Å². The number of benzene rings is 1. The summed E-state index contributed by atoms with van der Waals surface area (Å²) < 4.78 is 0. The number of thioether (sulfide) groups is 1. The maximum Gasteiger partial charge on any atom is 0.265 e. The number of anilines is 1. The molecule has 0 spiro atoms. The first-order valence-electron chi connectivity index (χ1n) is 7.00. The van der Waals surface area contributed by atoms with E-state index in [9.17, 15) is 4.79 Å². The molecule has 110 valence electrons. The van der Waals surface area contributed by atoms with Gasteiger partial charge in [0.15, 0.2) is 0 Å². The van der Waals surface area contributed by atoms with Crippen LogP contribution in [-0.2, 0) is 18.7 Å². The molecular formula is C16H18N2OS2. The average Bonchev–Trinajstić information content (AvgIpc) is 2.92. The topological polar surface area (TPSA) is 41.1 Å². The summed E-state index contributed by atoms with van der Waals surface area (Å²) >= 11 is 3.58. The van der Waals surface area contributed by atoms with Gasteiger partial charge in [-0.05, 0) is 48.5 Å². The molecule has 0 unspecified atom stereocenters. The fourth-order valence-electron chi connectivity index (χ4n) is 2.41.